The highest BCUT2D eigenvalue weighted by molar-refractivity contribution is 7.13. The first-order valence-electron chi connectivity index (χ1n) is 11.8. The molecular formula is C26H26N6O3S. The lowest BCUT2D eigenvalue weighted by Gasteiger charge is -2.17. The van der Waals surface area contributed by atoms with Crippen LogP contribution in [0.3, 0.4) is 0 Å². The smallest absolute Gasteiger partial charge is 0.255 e. The lowest BCUT2D eigenvalue weighted by molar-refractivity contribution is -0.122. The van der Waals surface area contributed by atoms with Gasteiger partial charge in [0.2, 0.25) is 17.8 Å². The molecule has 0 spiro atoms. The fraction of sp³-hybridized carbons (Fsp3) is 0.269. The maximum absolute atomic E-state index is 13.3. The van der Waals surface area contributed by atoms with Crippen LogP contribution in [0.5, 0.6) is 0 Å². The zero-order chi connectivity index (χ0) is 25.4. The molecule has 0 aliphatic carbocycles. The van der Waals surface area contributed by atoms with Crippen molar-refractivity contribution >= 4 is 34.7 Å². The van der Waals surface area contributed by atoms with E-state index in [4.69, 9.17) is 0 Å². The number of carbonyl (C=O) groups excluding carboxylic acids is 2. The second-order valence-electron chi connectivity index (χ2n) is 8.84. The molecule has 2 N–H and O–H groups in total. The number of aromatic amines is 1. The summed E-state index contributed by atoms with van der Waals surface area (Å²) >= 11 is 1.52. The molecule has 1 fully saturated rings. The van der Waals surface area contributed by atoms with Crippen molar-refractivity contribution in [2.45, 2.75) is 33.6 Å². The van der Waals surface area contributed by atoms with Crippen LogP contribution in [-0.4, -0.2) is 38.1 Å². The van der Waals surface area contributed by atoms with Gasteiger partial charge in [-0.1, -0.05) is 25.1 Å². The molecule has 0 saturated carbocycles. The number of aryl methyl sites for hydroxylation is 2. The van der Waals surface area contributed by atoms with E-state index in [0.29, 0.717) is 35.7 Å². The van der Waals surface area contributed by atoms with E-state index in [-0.39, 0.29) is 29.7 Å². The van der Waals surface area contributed by atoms with Gasteiger partial charge < -0.3 is 10.2 Å². The van der Waals surface area contributed by atoms with Gasteiger partial charge in [0.1, 0.15) is 11.5 Å². The van der Waals surface area contributed by atoms with Crippen LogP contribution in [0.1, 0.15) is 30.2 Å². The Kier molecular flexibility index (Phi) is 6.27. The van der Waals surface area contributed by atoms with Crippen molar-refractivity contribution in [1.82, 2.24) is 19.7 Å². The summed E-state index contributed by atoms with van der Waals surface area (Å²) in [5, 5.41) is 9.50. The van der Waals surface area contributed by atoms with Gasteiger partial charge >= 0.3 is 0 Å². The van der Waals surface area contributed by atoms with E-state index < -0.39 is 5.92 Å². The Morgan fingerprint density at radius 1 is 1.19 bits per heavy atom. The molecule has 9 nitrogen and oxygen atoms in total. The number of hydrogen-bond acceptors (Lipinski definition) is 6. The van der Waals surface area contributed by atoms with Crippen LogP contribution < -0.4 is 15.8 Å². The molecule has 1 atom stereocenters. The largest absolute Gasteiger partial charge is 0.312 e. The van der Waals surface area contributed by atoms with Crippen LogP contribution >= 0.6 is 11.3 Å². The summed E-state index contributed by atoms with van der Waals surface area (Å²) in [4.78, 5) is 48.5. The van der Waals surface area contributed by atoms with Crippen molar-refractivity contribution in [2.75, 3.05) is 16.8 Å². The van der Waals surface area contributed by atoms with Crippen molar-refractivity contribution in [3.8, 4) is 16.5 Å². The molecule has 1 aliphatic heterocycles. The maximum Gasteiger partial charge on any atom is 0.255 e. The van der Waals surface area contributed by atoms with Crippen LogP contribution in [0, 0.1) is 19.8 Å². The molecule has 1 unspecified atom stereocenters. The predicted molar refractivity (Wildman–Crippen MR) is 140 cm³/mol. The number of rotatable bonds is 6. The summed E-state index contributed by atoms with van der Waals surface area (Å²) in [6.45, 7) is 5.94. The Hall–Kier alpha value is -4.05. The first-order chi connectivity index (χ1) is 17.3. The van der Waals surface area contributed by atoms with Crippen LogP contribution in [0.15, 0.2) is 52.6 Å². The first-order valence-corrected chi connectivity index (χ1v) is 12.6. The fourth-order valence-electron chi connectivity index (χ4n) is 4.45. The van der Waals surface area contributed by atoms with Crippen molar-refractivity contribution in [2.24, 2.45) is 5.92 Å². The summed E-state index contributed by atoms with van der Waals surface area (Å²) in [5.41, 5.74) is 3.45. The normalized spacial score (nSPS) is 15.5. The van der Waals surface area contributed by atoms with Gasteiger partial charge in [-0.2, -0.15) is 9.78 Å². The standard InChI is InChI=1S/C26H26N6O3S/c1-4-19-16(3)27-26(29-25(19)35)32-22(13-20(30-32)21-9-6-10-36-21)28-24(34)17-12-23(33)31(14-17)18-8-5-7-15(2)11-18/h5-11,13,17H,4,12,14H2,1-3H3,(H,28,34)(H,27,29,35). The molecule has 1 aromatic carbocycles. The van der Waals surface area contributed by atoms with Crippen LogP contribution in [0.25, 0.3) is 16.5 Å². The Balaban J connectivity index is 1.45. The zero-order valence-corrected chi connectivity index (χ0v) is 21.1. The Morgan fingerprint density at radius 2 is 2.03 bits per heavy atom. The van der Waals surface area contributed by atoms with E-state index in [1.165, 1.54) is 16.0 Å². The molecule has 0 bridgehead atoms. The molecule has 0 radical (unpaired) electrons. The molecule has 184 valence electrons. The SMILES string of the molecule is CCc1c(C)nc(-n2nc(-c3cccs3)cc2NC(=O)C2CC(=O)N(c3cccc(C)c3)C2)[nH]c1=O. The number of anilines is 2. The highest BCUT2D eigenvalue weighted by atomic mass is 32.1. The maximum atomic E-state index is 13.3. The van der Waals surface area contributed by atoms with Crippen molar-refractivity contribution < 1.29 is 9.59 Å². The van der Waals surface area contributed by atoms with E-state index in [9.17, 15) is 14.4 Å². The number of carbonyl (C=O) groups is 2. The highest BCUT2D eigenvalue weighted by Gasteiger charge is 2.35. The third-order valence-corrected chi connectivity index (χ3v) is 7.20. The lowest BCUT2D eigenvalue weighted by atomic mass is 10.1. The van der Waals surface area contributed by atoms with Crippen molar-refractivity contribution in [3.63, 3.8) is 0 Å². The lowest BCUT2D eigenvalue weighted by Crippen LogP contribution is -2.29. The van der Waals surface area contributed by atoms with Gasteiger partial charge in [0, 0.05) is 36.0 Å². The molecule has 5 rings (SSSR count). The second kappa shape index (κ2) is 9.54. The zero-order valence-electron chi connectivity index (χ0n) is 20.2. The Morgan fingerprint density at radius 3 is 2.72 bits per heavy atom. The Bertz CT molecular complexity index is 1500. The number of hydrogen-bond donors (Lipinski definition) is 2. The number of benzene rings is 1. The molecule has 4 heterocycles. The number of aromatic nitrogens is 4. The van der Waals surface area contributed by atoms with Gasteiger partial charge in [-0.3, -0.25) is 19.4 Å². The number of amides is 2. The number of H-pyrrole nitrogens is 1. The average Bonchev–Trinajstić information content (AvgIpc) is 3.58. The van der Waals surface area contributed by atoms with Crippen molar-refractivity contribution in [3.05, 3.63) is 75.0 Å². The van der Waals surface area contributed by atoms with E-state index in [1.807, 2.05) is 55.6 Å². The van der Waals surface area contributed by atoms with E-state index in [2.05, 4.69) is 20.4 Å². The Labute approximate surface area is 211 Å². The van der Waals surface area contributed by atoms with Gasteiger partial charge in [0.25, 0.3) is 5.56 Å². The number of thiophene rings is 1. The average molecular weight is 503 g/mol. The minimum absolute atomic E-state index is 0.0923. The summed E-state index contributed by atoms with van der Waals surface area (Å²) in [7, 11) is 0. The second-order valence-corrected chi connectivity index (χ2v) is 9.79. The fourth-order valence-corrected chi connectivity index (χ4v) is 5.13. The predicted octanol–water partition coefficient (Wildman–Crippen LogP) is 3.85. The molecule has 1 saturated heterocycles. The third-order valence-electron chi connectivity index (χ3n) is 6.31. The summed E-state index contributed by atoms with van der Waals surface area (Å²) in [5.74, 6) is -0.317. The summed E-state index contributed by atoms with van der Waals surface area (Å²) < 4.78 is 1.44. The molecule has 4 aromatic rings. The van der Waals surface area contributed by atoms with E-state index in [1.54, 1.807) is 17.9 Å². The minimum atomic E-state index is -0.525. The molecule has 1 aliphatic rings. The highest BCUT2D eigenvalue weighted by Crippen LogP contribution is 2.30. The van der Waals surface area contributed by atoms with E-state index >= 15 is 0 Å². The van der Waals surface area contributed by atoms with Crippen LogP contribution in [0.2, 0.25) is 0 Å². The van der Waals surface area contributed by atoms with Gasteiger partial charge in [-0.15, -0.1) is 11.3 Å². The van der Waals surface area contributed by atoms with Crippen LogP contribution in [0.4, 0.5) is 11.5 Å². The van der Waals surface area contributed by atoms with E-state index in [0.717, 1.165) is 16.1 Å². The van der Waals surface area contributed by atoms with Crippen molar-refractivity contribution in [1.29, 1.82) is 0 Å². The number of nitrogens with zero attached hydrogens (tertiary/aromatic N) is 4. The van der Waals surface area contributed by atoms with Gasteiger partial charge in [0.15, 0.2) is 0 Å². The third kappa shape index (κ3) is 4.47. The number of nitrogens with one attached hydrogen (secondary N) is 2. The summed E-state index contributed by atoms with van der Waals surface area (Å²) in [6.07, 6.45) is 0.676. The molecule has 36 heavy (non-hydrogen) atoms. The van der Waals surface area contributed by atoms with Gasteiger partial charge in [-0.25, -0.2) is 4.98 Å². The molecular weight excluding hydrogens is 476 g/mol. The van der Waals surface area contributed by atoms with Gasteiger partial charge in [-0.05, 0) is 49.4 Å². The van der Waals surface area contributed by atoms with Crippen LogP contribution in [-0.2, 0) is 16.0 Å². The molecule has 2 amide bonds. The molecule has 3 aromatic heterocycles. The van der Waals surface area contributed by atoms with Gasteiger partial charge in [0.05, 0.1) is 10.8 Å². The summed E-state index contributed by atoms with van der Waals surface area (Å²) in [6, 6.07) is 13.3. The minimum Gasteiger partial charge on any atom is -0.312 e. The quantitative estimate of drug-likeness (QED) is 0.416. The first kappa shape index (κ1) is 23.7. The molecule has 10 heteroatoms. The monoisotopic (exact) mass is 502 g/mol. The topological polar surface area (TPSA) is 113 Å².